The Hall–Kier alpha value is -3.12. The molecule has 0 bridgehead atoms. The van der Waals surface area contributed by atoms with Crippen LogP contribution in [0.4, 0.5) is 5.69 Å². The average molecular weight is 346 g/mol. The van der Waals surface area contributed by atoms with E-state index in [4.69, 9.17) is 0 Å². The van der Waals surface area contributed by atoms with E-state index in [1.165, 1.54) is 11.3 Å². The molecule has 5 nitrogen and oxygen atoms in total. The first-order chi connectivity index (χ1) is 12.2. The topological polar surface area (TPSA) is 67.8 Å². The number of pyridine rings is 2. The van der Waals surface area contributed by atoms with Crippen LogP contribution in [0, 0.1) is 6.92 Å². The molecular weight excluding hydrogens is 332 g/mol. The Morgan fingerprint density at radius 1 is 1.00 bits per heavy atom. The number of carbonyl (C=O) groups excluding carboxylic acids is 1. The second-order valence-corrected chi connectivity index (χ2v) is 6.48. The van der Waals surface area contributed by atoms with Crippen LogP contribution in [0.25, 0.3) is 21.6 Å². The number of hydrogen-bond acceptors (Lipinski definition) is 5. The van der Waals surface area contributed by atoms with Gasteiger partial charge in [-0.05, 0) is 43.3 Å². The fourth-order valence-electron chi connectivity index (χ4n) is 2.60. The maximum absolute atomic E-state index is 12.7. The minimum Gasteiger partial charge on any atom is -0.321 e. The average Bonchev–Trinajstić information content (AvgIpc) is 3.05. The Bertz CT molecular complexity index is 1050. The maximum atomic E-state index is 12.7. The number of anilines is 1. The Morgan fingerprint density at radius 2 is 1.88 bits per heavy atom. The van der Waals surface area contributed by atoms with Crippen molar-refractivity contribution < 1.29 is 4.79 Å². The molecule has 0 unspecified atom stereocenters. The van der Waals surface area contributed by atoms with E-state index in [0.29, 0.717) is 10.6 Å². The van der Waals surface area contributed by atoms with Crippen LogP contribution in [0.15, 0.2) is 60.9 Å². The molecule has 0 fully saturated rings. The van der Waals surface area contributed by atoms with Crippen molar-refractivity contribution in [3.05, 3.63) is 71.5 Å². The molecule has 0 atom stereocenters. The molecule has 0 radical (unpaired) electrons. The molecule has 1 amide bonds. The zero-order chi connectivity index (χ0) is 17.2. The second kappa shape index (κ2) is 6.41. The van der Waals surface area contributed by atoms with Gasteiger partial charge in [0, 0.05) is 17.8 Å². The van der Waals surface area contributed by atoms with Crippen LogP contribution < -0.4 is 5.32 Å². The number of carbonyl (C=O) groups is 1. The monoisotopic (exact) mass is 346 g/mol. The summed E-state index contributed by atoms with van der Waals surface area (Å²) < 4.78 is 0. The number of thiazole rings is 1. The standard InChI is InChI=1S/C19H14N4OS/c1-12-17(25-19(22-12)16-7-2-3-10-21-16)18(24)23-15-9-4-8-14-13(15)6-5-11-20-14/h2-11H,1H3,(H,23,24). The number of amides is 1. The quantitative estimate of drug-likeness (QED) is 0.600. The predicted molar refractivity (Wildman–Crippen MR) is 99.8 cm³/mol. The van der Waals surface area contributed by atoms with Gasteiger partial charge in [0.2, 0.25) is 0 Å². The highest BCUT2D eigenvalue weighted by Gasteiger charge is 2.17. The van der Waals surface area contributed by atoms with E-state index in [2.05, 4.69) is 20.3 Å². The van der Waals surface area contributed by atoms with Crippen LogP contribution in [0.2, 0.25) is 0 Å². The molecule has 25 heavy (non-hydrogen) atoms. The summed E-state index contributed by atoms with van der Waals surface area (Å²) in [5, 5.41) is 4.62. The molecule has 1 N–H and O–H groups in total. The smallest absolute Gasteiger partial charge is 0.267 e. The highest BCUT2D eigenvalue weighted by atomic mass is 32.1. The van der Waals surface area contributed by atoms with Crippen LogP contribution in [-0.2, 0) is 0 Å². The van der Waals surface area contributed by atoms with Gasteiger partial charge in [0.25, 0.3) is 5.91 Å². The molecular formula is C19H14N4OS. The molecule has 6 heteroatoms. The van der Waals surface area contributed by atoms with Crippen molar-refractivity contribution in [2.75, 3.05) is 5.32 Å². The van der Waals surface area contributed by atoms with Gasteiger partial charge in [-0.3, -0.25) is 14.8 Å². The van der Waals surface area contributed by atoms with Gasteiger partial charge < -0.3 is 5.32 Å². The predicted octanol–water partition coefficient (Wildman–Crippen LogP) is 4.31. The number of fused-ring (bicyclic) bond motifs is 1. The van der Waals surface area contributed by atoms with Crippen molar-refractivity contribution in [2.24, 2.45) is 0 Å². The number of hydrogen-bond donors (Lipinski definition) is 1. The molecule has 122 valence electrons. The third kappa shape index (κ3) is 2.99. The van der Waals surface area contributed by atoms with Crippen LogP contribution in [-0.4, -0.2) is 20.9 Å². The summed E-state index contributed by atoms with van der Waals surface area (Å²) in [4.78, 5) is 26.4. The number of benzene rings is 1. The highest BCUT2D eigenvalue weighted by Crippen LogP contribution is 2.28. The largest absolute Gasteiger partial charge is 0.321 e. The molecule has 3 aromatic heterocycles. The molecule has 0 aliphatic carbocycles. The molecule has 0 aliphatic rings. The van der Waals surface area contributed by atoms with E-state index in [0.717, 1.165) is 27.3 Å². The molecule has 4 rings (SSSR count). The van der Waals surface area contributed by atoms with Crippen molar-refractivity contribution in [2.45, 2.75) is 6.92 Å². The minimum absolute atomic E-state index is 0.173. The molecule has 0 spiro atoms. The third-order valence-electron chi connectivity index (χ3n) is 3.78. The van der Waals surface area contributed by atoms with Gasteiger partial charge in [-0.25, -0.2) is 4.98 Å². The molecule has 4 aromatic rings. The van der Waals surface area contributed by atoms with E-state index >= 15 is 0 Å². The van der Waals surface area contributed by atoms with Crippen LogP contribution >= 0.6 is 11.3 Å². The fraction of sp³-hybridized carbons (Fsp3) is 0.0526. The van der Waals surface area contributed by atoms with Crippen molar-refractivity contribution in [3.8, 4) is 10.7 Å². The van der Waals surface area contributed by atoms with Gasteiger partial charge in [0.1, 0.15) is 9.88 Å². The Labute approximate surface area is 148 Å². The minimum atomic E-state index is -0.173. The fourth-order valence-corrected chi connectivity index (χ4v) is 3.54. The van der Waals surface area contributed by atoms with Crippen molar-refractivity contribution in [1.82, 2.24) is 15.0 Å². The summed E-state index contributed by atoms with van der Waals surface area (Å²) in [7, 11) is 0. The lowest BCUT2D eigenvalue weighted by atomic mass is 10.2. The Balaban J connectivity index is 1.66. The lowest BCUT2D eigenvalue weighted by molar-refractivity contribution is 0.103. The third-order valence-corrected chi connectivity index (χ3v) is 4.96. The number of rotatable bonds is 3. The summed E-state index contributed by atoms with van der Waals surface area (Å²) in [5.41, 5.74) is 3.05. The molecule has 1 aromatic carbocycles. The van der Waals surface area contributed by atoms with Crippen molar-refractivity contribution >= 4 is 33.8 Å². The summed E-state index contributed by atoms with van der Waals surface area (Å²) in [5.74, 6) is -0.173. The first-order valence-electron chi connectivity index (χ1n) is 7.76. The zero-order valence-electron chi connectivity index (χ0n) is 13.4. The normalized spacial score (nSPS) is 10.8. The summed E-state index contributed by atoms with van der Waals surface area (Å²) >= 11 is 1.34. The van der Waals surface area contributed by atoms with Crippen molar-refractivity contribution in [1.29, 1.82) is 0 Å². The van der Waals surface area contributed by atoms with Crippen LogP contribution in [0.5, 0.6) is 0 Å². The van der Waals surface area contributed by atoms with Crippen LogP contribution in [0.1, 0.15) is 15.4 Å². The second-order valence-electron chi connectivity index (χ2n) is 5.48. The number of aromatic nitrogens is 3. The van der Waals surface area contributed by atoms with E-state index in [9.17, 15) is 4.79 Å². The molecule has 0 aliphatic heterocycles. The van der Waals surface area contributed by atoms with E-state index in [1.807, 2.05) is 55.5 Å². The number of nitrogens with one attached hydrogen (secondary N) is 1. The molecule has 3 heterocycles. The first-order valence-corrected chi connectivity index (χ1v) is 8.58. The van der Waals surface area contributed by atoms with Gasteiger partial charge in [-0.1, -0.05) is 12.1 Å². The van der Waals surface area contributed by atoms with E-state index in [-0.39, 0.29) is 5.91 Å². The van der Waals surface area contributed by atoms with Crippen LogP contribution in [0.3, 0.4) is 0 Å². The lowest BCUT2D eigenvalue weighted by Crippen LogP contribution is -2.11. The van der Waals surface area contributed by atoms with Crippen molar-refractivity contribution in [3.63, 3.8) is 0 Å². The van der Waals surface area contributed by atoms with Gasteiger partial charge in [0.15, 0.2) is 0 Å². The van der Waals surface area contributed by atoms with Gasteiger partial charge in [-0.15, -0.1) is 11.3 Å². The van der Waals surface area contributed by atoms with Gasteiger partial charge >= 0.3 is 0 Å². The zero-order valence-corrected chi connectivity index (χ0v) is 14.2. The number of nitrogens with zero attached hydrogens (tertiary/aromatic N) is 3. The van der Waals surface area contributed by atoms with E-state index < -0.39 is 0 Å². The SMILES string of the molecule is Cc1nc(-c2ccccn2)sc1C(=O)Nc1cccc2ncccc12. The summed E-state index contributed by atoms with van der Waals surface area (Å²) in [6.07, 6.45) is 3.45. The summed E-state index contributed by atoms with van der Waals surface area (Å²) in [6.45, 7) is 1.84. The van der Waals surface area contributed by atoms with Gasteiger partial charge in [-0.2, -0.15) is 0 Å². The molecule has 0 saturated heterocycles. The highest BCUT2D eigenvalue weighted by molar-refractivity contribution is 7.17. The molecule has 0 saturated carbocycles. The summed E-state index contributed by atoms with van der Waals surface area (Å²) in [6, 6.07) is 15.1. The van der Waals surface area contributed by atoms with E-state index in [1.54, 1.807) is 12.4 Å². The maximum Gasteiger partial charge on any atom is 0.267 e. The van der Waals surface area contributed by atoms with Gasteiger partial charge in [0.05, 0.1) is 22.6 Å². The Morgan fingerprint density at radius 3 is 2.72 bits per heavy atom. The lowest BCUT2D eigenvalue weighted by Gasteiger charge is -2.07. The number of aryl methyl sites for hydroxylation is 1. The first kappa shape index (κ1) is 15.4. The Kier molecular flexibility index (Phi) is 3.95.